The van der Waals surface area contributed by atoms with Crippen LogP contribution < -0.4 is 5.32 Å². The van der Waals surface area contributed by atoms with Gasteiger partial charge in [0.15, 0.2) is 5.82 Å². The molecule has 0 fully saturated rings. The molecule has 20 heavy (non-hydrogen) atoms. The molecule has 108 valence electrons. The van der Waals surface area contributed by atoms with Crippen molar-refractivity contribution in [3.63, 3.8) is 0 Å². The Morgan fingerprint density at radius 1 is 1.30 bits per heavy atom. The average Bonchev–Trinajstić information content (AvgIpc) is 2.72. The number of hydrogen-bond acceptors (Lipinski definition) is 5. The van der Waals surface area contributed by atoms with E-state index in [-0.39, 0.29) is 0 Å². The Labute approximate surface area is 117 Å². The number of aromatic nitrogens is 4. The molecule has 2 aromatic rings. The molecule has 2 aromatic heterocycles. The zero-order valence-corrected chi connectivity index (χ0v) is 12.3. The topological polar surface area (TPSA) is 92.4 Å². The number of anilines is 1. The largest absolute Gasteiger partial charge is 0.481 e. The van der Waals surface area contributed by atoms with Gasteiger partial charge in [0.2, 0.25) is 5.65 Å². The summed E-state index contributed by atoms with van der Waals surface area (Å²) in [5.74, 6) is 0.396. The van der Waals surface area contributed by atoms with Crippen LogP contribution in [-0.4, -0.2) is 36.2 Å². The summed E-state index contributed by atoms with van der Waals surface area (Å²) >= 11 is 0. The Morgan fingerprint density at radius 2 is 1.95 bits per heavy atom. The first-order valence-corrected chi connectivity index (χ1v) is 6.35. The zero-order valence-electron chi connectivity index (χ0n) is 12.3. The van der Waals surface area contributed by atoms with E-state index in [1.807, 2.05) is 20.8 Å². The molecule has 0 amide bonds. The van der Waals surface area contributed by atoms with Gasteiger partial charge in [-0.1, -0.05) is 0 Å². The lowest BCUT2D eigenvalue weighted by atomic mass is 9.74. The van der Waals surface area contributed by atoms with E-state index in [0.717, 1.165) is 5.82 Å². The van der Waals surface area contributed by atoms with Crippen molar-refractivity contribution in [1.82, 2.24) is 19.6 Å². The van der Waals surface area contributed by atoms with E-state index in [4.69, 9.17) is 0 Å². The summed E-state index contributed by atoms with van der Waals surface area (Å²) in [5.41, 5.74) is -1.11. The van der Waals surface area contributed by atoms with Crippen molar-refractivity contribution in [2.24, 2.45) is 5.41 Å². The first kappa shape index (κ1) is 14.2. The number of carbonyl (C=O) groups is 1. The van der Waals surface area contributed by atoms with Crippen molar-refractivity contribution in [2.45, 2.75) is 40.2 Å². The van der Waals surface area contributed by atoms with Crippen molar-refractivity contribution in [1.29, 1.82) is 0 Å². The molecule has 0 radical (unpaired) electrons. The van der Waals surface area contributed by atoms with Crippen molar-refractivity contribution in [3.05, 3.63) is 18.2 Å². The lowest BCUT2D eigenvalue weighted by Gasteiger charge is -2.39. The summed E-state index contributed by atoms with van der Waals surface area (Å²) in [4.78, 5) is 15.7. The van der Waals surface area contributed by atoms with E-state index in [2.05, 4.69) is 20.5 Å². The van der Waals surface area contributed by atoms with Crippen LogP contribution >= 0.6 is 0 Å². The lowest BCUT2D eigenvalue weighted by molar-refractivity contribution is -0.149. The van der Waals surface area contributed by atoms with Crippen molar-refractivity contribution in [2.75, 3.05) is 5.32 Å². The highest BCUT2D eigenvalue weighted by Crippen LogP contribution is 2.34. The third kappa shape index (κ3) is 2.09. The number of carboxylic acids is 1. The number of hydrogen-bond donors (Lipinski definition) is 2. The van der Waals surface area contributed by atoms with Gasteiger partial charge < -0.3 is 10.4 Å². The minimum Gasteiger partial charge on any atom is -0.481 e. The molecule has 0 saturated heterocycles. The maximum Gasteiger partial charge on any atom is 0.311 e. The number of aliphatic carboxylic acids is 1. The van der Waals surface area contributed by atoms with Crippen LogP contribution in [0.3, 0.4) is 0 Å². The second kappa shape index (κ2) is 4.43. The van der Waals surface area contributed by atoms with Crippen molar-refractivity contribution >= 4 is 17.4 Å². The fourth-order valence-electron chi connectivity index (χ4n) is 1.75. The van der Waals surface area contributed by atoms with E-state index in [1.54, 1.807) is 30.6 Å². The van der Waals surface area contributed by atoms with Crippen LogP contribution in [0, 0.1) is 12.3 Å². The maximum absolute atomic E-state index is 11.4. The SMILES string of the molecule is Cc1nnc2c(NC(C)(C)C(C)(C)C(=O)O)nccn12. The second-order valence-electron chi connectivity index (χ2n) is 5.90. The molecular weight excluding hydrogens is 258 g/mol. The standard InChI is InChI=1S/C13H19N5O2/c1-8-16-17-10-9(14-6-7-18(8)10)15-13(4,5)12(2,3)11(19)20/h6-7H,1-5H3,(H,14,15)(H,19,20). The highest BCUT2D eigenvalue weighted by molar-refractivity contribution is 5.77. The van der Waals surface area contributed by atoms with E-state index < -0.39 is 16.9 Å². The Morgan fingerprint density at radius 3 is 2.55 bits per heavy atom. The molecular formula is C13H19N5O2. The van der Waals surface area contributed by atoms with Gasteiger partial charge in [-0.2, -0.15) is 0 Å². The van der Waals surface area contributed by atoms with Gasteiger partial charge in [0.1, 0.15) is 5.82 Å². The molecule has 0 spiro atoms. The molecule has 0 aliphatic heterocycles. The van der Waals surface area contributed by atoms with Gasteiger partial charge in [-0.3, -0.25) is 9.20 Å². The molecule has 7 nitrogen and oxygen atoms in total. The molecule has 2 N–H and O–H groups in total. The van der Waals surface area contributed by atoms with Gasteiger partial charge in [-0.05, 0) is 34.6 Å². The fraction of sp³-hybridized carbons (Fsp3) is 0.538. The van der Waals surface area contributed by atoms with E-state index in [1.165, 1.54) is 0 Å². The molecule has 0 saturated carbocycles. The van der Waals surface area contributed by atoms with E-state index >= 15 is 0 Å². The lowest BCUT2D eigenvalue weighted by Crippen LogP contribution is -2.50. The number of rotatable bonds is 4. The molecule has 0 aromatic carbocycles. The average molecular weight is 277 g/mol. The van der Waals surface area contributed by atoms with Crippen LogP contribution in [0.1, 0.15) is 33.5 Å². The molecule has 0 unspecified atom stereocenters. The summed E-state index contributed by atoms with van der Waals surface area (Å²) in [5, 5.41) is 20.6. The number of nitrogens with zero attached hydrogens (tertiary/aromatic N) is 4. The maximum atomic E-state index is 11.4. The summed E-state index contributed by atoms with van der Waals surface area (Å²) in [6.07, 6.45) is 3.40. The summed E-state index contributed by atoms with van der Waals surface area (Å²) in [6.45, 7) is 8.86. The van der Waals surface area contributed by atoms with Crippen LogP contribution in [0.5, 0.6) is 0 Å². The Kier molecular flexibility index (Phi) is 3.15. The van der Waals surface area contributed by atoms with Gasteiger partial charge in [-0.15, -0.1) is 10.2 Å². The number of aryl methyl sites for hydroxylation is 1. The molecule has 0 aliphatic rings. The van der Waals surface area contributed by atoms with Crippen LogP contribution in [-0.2, 0) is 4.79 Å². The Bertz CT molecular complexity index is 660. The molecule has 0 bridgehead atoms. The second-order valence-corrected chi connectivity index (χ2v) is 5.90. The summed E-state index contributed by atoms with van der Waals surface area (Å²) < 4.78 is 1.80. The smallest absolute Gasteiger partial charge is 0.311 e. The number of nitrogens with one attached hydrogen (secondary N) is 1. The summed E-state index contributed by atoms with van der Waals surface area (Å²) in [6, 6.07) is 0. The normalized spacial score (nSPS) is 12.7. The third-order valence-corrected chi connectivity index (χ3v) is 4.03. The predicted octanol–water partition coefficient (Wildman–Crippen LogP) is 1.73. The minimum absolute atomic E-state index is 0.521. The van der Waals surface area contributed by atoms with Crippen molar-refractivity contribution < 1.29 is 9.90 Å². The van der Waals surface area contributed by atoms with E-state index in [9.17, 15) is 9.90 Å². The molecule has 0 aliphatic carbocycles. The predicted molar refractivity (Wildman–Crippen MR) is 74.6 cm³/mol. The minimum atomic E-state index is -0.976. The highest BCUT2D eigenvalue weighted by atomic mass is 16.4. The highest BCUT2D eigenvalue weighted by Gasteiger charge is 2.44. The quantitative estimate of drug-likeness (QED) is 0.884. The van der Waals surface area contributed by atoms with Gasteiger partial charge in [-0.25, -0.2) is 4.98 Å². The first-order chi connectivity index (χ1) is 9.17. The van der Waals surface area contributed by atoms with Gasteiger partial charge in [0.05, 0.1) is 5.41 Å². The van der Waals surface area contributed by atoms with E-state index in [0.29, 0.717) is 11.5 Å². The van der Waals surface area contributed by atoms with Crippen LogP contribution in [0.25, 0.3) is 5.65 Å². The van der Waals surface area contributed by atoms with Crippen LogP contribution in [0.15, 0.2) is 12.4 Å². The van der Waals surface area contributed by atoms with Gasteiger partial charge in [0, 0.05) is 17.9 Å². The molecule has 7 heteroatoms. The Balaban J connectivity index is 2.44. The van der Waals surface area contributed by atoms with Crippen LogP contribution in [0.2, 0.25) is 0 Å². The first-order valence-electron chi connectivity index (χ1n) is 6.35. The molecule has 0 atom stereocenters. The number of fused-ring (bicyclic) bond motifs is 1. The number of carboxylic acid groups (broad SMARTS) is 1. The Hall–Kier alpha value is -2.18. The summed E-state index contributed by atoms with van der Waals surface area (Å²) in [7, 11) is 0. The zero-order chi connectivity index (χ0) is 15.1. The fourth-order valence-corrected chi connectivity index (χ4v) is 1.75. The van der Waals surface area contributed by atoms with Gasteiger partial charge in [0.25, 0.3) is 0 Å². The monoisotopic (exact) mass is 277 g/mol. The van der Waals surface area contributed by atoms with Crippen LogP contribution in [0.4, 0.5) is 5.82 Å². The third-order valence-electron chi connectivity index (χ3n) is 4.03. The molecule has 2 rings (SSSR count). The molecule has 2 heterocycles. The van der Waals surface area contributed by atoms with Gasteiger partial charge >= 0.3 is 5.97 Å². The van der Waals surface area contributed by atoms with Crippen molar-refractivity contribution in [3.8, 4) is 0 Å².